The van der Waals surface area contributed by atoms with E-state index in [2.05, 4.69) is 0 Å². The number of aryl methyl sites for hydroxylation is 1. The van der Waals surface area contributed by atoms with Gasteiger partial charge in [-0.25, -0.2) is 4.79 Å². The van der Waals surface area contributed by atoms with E-state index in [9.17, 15) is 4.79 Å². The lowest BCUT2D eigenvalue weighted by Crippen LogP contribution is -2.15. The Kier molecular flexibility index (Phi) is 3.03. The third-order valence-electron chi connectivity index (χ3n) is 2.51. The first-order chi connectivity index (χ1) is 7.61. The number of fused-ring (bicyclic) bond motifs is 1. The summed E-state index contributed by atoms with van der Waals surface area (Å²) in [6.07, 6.45) is 0. The minimum absolute atomic E-state index is 0.335. The van der Waals surface area contributed by atoms with Crippen LogP contribution in [0.25, 0.3) is 11.1 Å². The van der Waals surface area contributed by atoms with E-state index in [1.807, 2.05) is 30.1 Å². The van der Waals surface area contributed by atoms with Crippen molar-refractivity contribution in [2.75, 3.05) is 13.1 Å². The largest absolute Gasteiger partial charge is 0.419 e. The Morgan fingerprint density at radius 1 is 1.50 bits per heavy atom. The summed E-state index contributed by atoms with van der Waals surface area (Å²) < 4.78 is 6.55. The Bertz CT molecular complexity index is 559. The van der Waals surface area contributed by atoms with E-state index in [0.29, 0.717) is 11.6 Å². The first-order valence-electron chi connectivity index (χ1n) is 4.95. The molecule has 1 aromatic heterocycles. The highest BCUT2D eigenvalue weighted by atomic mass is 35.5. The second-order valence-corrected chi connectivity index (χ2v) is 4.10. The van der Waals surface area contributed by atoms with Gasteiger partial charge in [-0.1, -0.05) is 6.07 Å². The zero-order valence-electron chi connectivity index (χ0n) is 9.24. The van der Waals surface area contributed by atoms with Crippen molar-refractivity contribution in [3.05, 3.63) is 34.3 Å². The van der Waals surface area contributed by atoms with Crippen LogP contribution in [0.3, 0.4) is 0 Å². The molecule has 0 bridgehead atoms. The predicted molar refractivity (Wildman–Crippen MR) is 63.6 cm³/mol. The first-order valence-corrected chi connectivity index (χ1v) is 5.48. The summed E-state index contributed by atoms with van der Waals surface area (Å²) in [6.45, 7) is 0.749. The van der Waals surface area contributed by atoms with Gasteiger partial charge in [-0.2, -0.15) is 0 Å². The molecule has 0 saturated carbocycles. The van der Waals surface area contributed by atoms with Crippen molar-refractivity contribution in [3.63, 3.8) is 0 Å². The summed E-state index contributed by atoms with van der Waals surface area (Å²) >= 11 is 5.71. The molecule has 0 saturated heterocycles. The van der Waals surface area contributed by atoms with Crippen LogP contribution in [-0.2, 0) is 13.6 Å². The second-order valence-electron chi connectivity index (χ2n) is 3.86. The molecule has 0 fully saturated rings. The fraction of sp³-hybridized carbons (Fsp3) is 0.364. The van der Waals surface area contributed by atoms with E-state index in [1.165, 1.54) is 4.57 Å². The van der Waals surface area contributed by atoms with Gasteiger partial charge in [-0.05, 0) is 24.7 Å². The molecule has 86 valence electrons. The molecule has 1 aromatic carbocycles. The molecule has 0 amide bonds. The first kappa shape index (κ1) is 11.2. The molecule has 0 N–H and O–H groups in total. The minimum atomic E-state index is -0.335. The maximum atomic E-state index is 11.3. The minimum Gasteiger partial charge on any atom is -0.408 e. The zero-order valence-corrected chi connectivity index (χ0v) is 9.99. The van der Waals surface area contributed by atoms with Crippen LogP contribution in [0.1, 0.15) is 5.56 Å². The molecular formula is C11H13ClN2O2. The number of hydrogen-bond acceptors (Lipinski definition) is 3. The lowest BCUT2D eigenvalue weighted by Gasteiger charge is -2.12. The SMILES string of the molecule is CN(CCl)Cc1ccc2oc(=O)n(C)c2c1. The lowest BCUT2D eigenvalue weighted by atomic mass is 10.2. The number of nitrogens with zero attached hydrogens (tertiary/aromatic N) is 2. The summed E-state index contributed by atoms with van der Waals surface area (Å²) in [5, 5.41) is 0. The highest BCUT2D eigenvalue weighted by Crippen LogP contribution is 2.15. The van der Waals surface area contributed by atoms with E-state index in [1.54, 1.807) is 7.05 Å². The lowest BCUT2D eigenvalue weighted by molar-refractivity contribution is 0.382. The van der Waals surface area contributed by atoms with E-state index in [4.69, 9.17) is 16.0 Å². The van der Waals surface area contributed by atoms with Crippen molar-refractivity contribution in [2.45, 2.75) is 6.54 Å². The molecule has 1 heterocycles. The average molecular weight is 241 g/mol. The number of halogens is 1. The maximum absolute atomic E-state index is 11.3. The second kappa shape index (κ2) is 4.31. The Labute approximate surface area is 98.0 Å². The molecule has 2 aromatic rings. The summed E-state index contributed by atoms with van der Waals surface area (Å²) in [4.78, 5) is 13.3. The molecule has 5 heteroatoms. The Morgan fingerprint density at radius 3 is 2.94 bits per heavy atom. The van der Waals surface area contributed by atoms with Crippen LogP contribution in [0.15, 0.2) is 27.4 Å². The molecule has 0 aliphatic rings. The fourth-order valence-electron chi connectivity index (χ4n) is 1.62. The van der Waals surface area contributed by atoms with E-state index >= 15 is 0 Å². The van der Waals surface area contributed by atoms with E-state index in [0.717, 1.165) is 17.6 Å². The summed E-state index contributed by atoms with van der Waals surface area (Å²) in [6, 6.07) is 6.17. The quantitative estimate of drug-likeness (QED) is 0.606. The summed E-state index contributed by atoms with van der Waals surface area (Å²) in [7, 11) is 3.63. The van der Waals surface area contributed by atoms with Gasteiger partial charge in [0.05, 0.1) is 11.5 Å². The third kappa shape index (κ3) is 1.99. The van der Waals surface area contributed by atoms with E-state index in [-0.39, 0.29) is 5.76 Å². The van der Waals surface area contributed by atoms with Crippen molar-refractivity contribution in [1.29, 1.82) is 0 Å². The third-order valence-corrected chi connectivity index (χ3v) is 2.92. The molecule has 0 unspecified atom stereocenters. The fourth-order valence-corrected chi connectivity index (χ4v) is 1.71. The van der Waals surface area contributed by atoms with Gasteiger partial charge < -0.3 is 4.42 Å². The van der Waals surface area contributed by atoms with Gasteiger partial charge >= 0.3 is 5.76 Å². The van der Waals surface area contributed by atoms with Gasteiger partial charge in [0.15, 0.2) is 5.58 Å². The smallest absolute Gasteiger partial charge is 0.408 e. The average Bonchev–Trinajstić information content (AvgIpc) is 2.55. The molecule has 4 nitrogen and oxygen atoms in total. The number of benzene rings is 1. The Balaban J connectivity index is 2.43. The van der Waals surface area contributed by atoms with Crippen molar-refractivity contribution in [1.82, 2.24) is 9.47 Å². The van der Waals surface area contributed by atoms with Gasteiger partial charge in [-0.15, -0.1) is 11.6 Å². The molecule has 0 spiro atoms. The van der Waals surface area contributed by atoms with Crippen LogP contribution in [0, 0.1) is 0 Å². The van der Waals surface area contributed by atoms with Gasteiger partial charge in [0.25, 0.3) is 0 Å². The van der Waals surface area contributed by atoms with Gasteiger partial charge in [-0.3, -0.25) is 9.47 Å². The molecule has 0 radical (unpaired) electrons. The maximum Gasteiger partial charge on any atom is 0.419 e. The van der Waals surface area contributed by atoms with Gasteiger partial charge in [0.1, 0.15) is 0 Å². The number of aromatic nitrogens is 1. The van der Waals surface area contributed by atoms with Crippen LogP contribution >= 0.6 is 11.6 Å². The molecule has 0 aliphatic carbocycles. The predicted octanol–water partition coefficient (Wildman–Crippen LogP) is 1.76. The molecular weight excluding hydrogens is 228 g/mol. The number of hydrogen-bond donors (Lipinski definition) is 0. The molecule has 16 heavy (non-hydrogen) atoms. The standard InChI is InChI=1S/C11H13ClN2O2/c1-13(7-12)6-8-3-4-10-9(5-8)14(2)11(15)16-10/h3-5H,6-7H2,1-2H3. The van der Waals surface area contributed by atoms with Crippen LogP contribution < -0.4 is 5.76 Å². The number of oxazole rings is 1. The Hall–Kier alpha value is -1.26. The highest BCUT2D eigenvalue weighted by molar-refractivity contribution is 6.17. The normalized spacial score (nSPS) is 11.5. The van der Waals surface area contributed by atoms with Crippen LogP contribution in [0.4, 0.5) is 0 Å². The Morgan fingerprint density at radius 2 is 2.25 bits per heavy atom. The van der Waals surface area contributed by atoms with Crippen LogP contribution in [0.2, 0.25) is 0 Å². The molecule has 0 aliphatic heterocycles. The summed E-state index contributed by atoms with van der Waals surface area (Å²) in [5.41, 5.74) is 2.53. The molecule has 2 rings (SSSR count). The number of rotatable bonds is 3. The molecule has 0 atom stereocenters. The van der Waals surface area contributed by atoms with Crippen molar-refractivity contribution >= 4 is 22.7 Å². The van der Waals surface area contributed by atoms with Crippen molar-refractivity contribution < 1.29 is 4.42 Å². The van der Waals surface area contributed by atoms with Crippen LogP contribution in [0.5, 0.6) is 0 Å². The monoisotopic (exact) mass is 240 g/mol. The highest BCUT2D eigenvalue weighted by Gasteiger charge is 2.07. The topological polar surface area (TPSA) is 38.4 Å². The van der Waals surface area contributed by atoms with Gasteiger partial charge in [0, 0.05) is 13.6 Å². The zero-order chi connectivity index (χ0) is 11.7. The van der Waals surface area contributed by atoms with Crippen LogP contribution in [-0.4, -0.2) is 22.5 Å². The number of alkyl halides is 1. The van der Waals surface area contributed by atoms with Gasteiger partial charge in [0.2, 0.25) is 0 Å². The van der Waals surface area contributed by atoms with E-state index < -0.39 is 0 Å². The summed E-state index contributed by atoms with van der Waals surface area (Å²) in [5.74, 6) is -0.335. The van der Waals surface area contributed by atoms with Crippen molar-refractivity contribution in [3.8, 4) is 0 Å². The van der Waals surface area contributed by atoms with Crippen molar-refractivity contribution in [2.24, 2.45) is 7.05 Å².